The lowest BCUT2D eigenvalue weighted by molar-refractivity contribution is -0.317. The topological polar surface area (TPSA) is 201 Å². The highest BCUT2D eigenvalue weighted by Gasteiger charge is 2.53. The van der Waals surface area contributed by atoms with Gasteiger partial charge in [0.15, 0.2) is 12.6 Å². The second-order valence-corrected chi connectivity index (χ2v) is 16.5. The average molecular weight is 733 g/mol. The number of hydrogen-bond acceptors (Lipinski definition) is 14. The van der Waals surface area contributed by atoms with Gasteiger partial charge in [-0.25, -0.2) is 0 Å². The van der Waals surface area contributed by atoms with Gasteiger partial charge in [0.25, 0.3) is 0 Å². The Kier molecular flexibility index (Phi) is 14.7. The fourth-order valence-electron chi connectivity index (χ4n) is 8.43. The molecule has 0 radical (unpaired) electrons. The molecule has 3 heterocycles. The first-order valence-corrected chi connectivity index (χ1v) is 18.5. The Morgan fingerprint density at radius 3 is 2.08 bits per heavy atom. The van der Waals surface area contributed by atoms with Crippen LogP contribution in [0.5, 0.6) is 0 Å². The van der Waals surface area contributed by atoms with Gasteiger partial charge in [-0.15, -0.1) is 0 Å². The number of hydrogen-bond donors (Lipinski definition) is 6. The monoisotopic (exact) mass is 732 g/mol. The summed E-state index contributed by atoms with van der Waals surface area (Å²) < 4.78 is 37.2. The lowest BCUT2D eigenvalue weighted by Crippen LogP contribution is -2.61. The van der Waals surface area contributed by atoms with E-state index in [4.69, 9.17) is 33.8 Å². The lowest BCUT2D eigenvalue weighted by Gasteiger charge is -2.49. The average Bonchev–Trinajstić information content (AvgIpc) is 3.05. The van der Waals surface area contributed by atoms with Crippen molar-refractivity contribution < 1.29 is 58.7 Å². The van der Waals surface area contributed by atoms with Crippen LogP contribution in [0.1, 0.15) is 94.9 Å². The summed E-state index contributed by atoms with van der Waals surface area (Å²) in [6, 6.07) is -0.304. The van der Waals surface area contributed by atoms with Crippen molar-refractivity contribution in [3.63, 3.8) is 0 Å². The van der Waals surface area contributed by atoms with E-state index in [9.17, 15) is 30.3 Å². The lowest BCUT2D eigenvalue weighted by atomic mass is 9.73. The van der Waals surface area contributed by atoms with Crippen LogP contribution < -0.4 is 0 Å². The largest absolute Gasteiger partial charge is 0.459 e. The molecule has 298 valence electrons. The molecule has 3 fully saturated rings. The molecule has 0 aliphatic carbocycles. The number of rotatable bonds is 7. The molecule has 0 spiro atoms. The fourth-order valence-corrected chi connectivity index (χ4v) is 8.43. The zero-order valence-electron chi connectivity index (χ0n) is 33.0. The predicted molar refractivity (Wildman–Crippen MR) is 189 cm³/mol. The van der Waals surface area contributed by atoms with Crippen molar-refractivity contribution in [2.75, 3.05) is 21.2 Å². The Bertz CT molecular complexity index is 1170. The molecule has 0 aromatic rings. The van der Waals surface area contributed by atoms with Crippen molar-refractivity contribution in [3.8, 4) is 0 Å². The predicted octanol–water partition coefficient (Wildman–Crippen LogP) is 2.24. The van der Waals surface area contributed by atoms with E-state index in [-0.39, 0.29) is 37.1 Å². The molecule has 3 rings (SSSR count). The minimum atomic E-state index is -1.91. The van der Waals surface area contributed by atoms with Crippen LogP contribution in [0.2, 0.25) is 0 Å². The number of carbonyl (C=O) groups is 1. The van der Waals surface area contributed by atoms with Crippen LogP contribution >= 0.6 is 0 Å². The maximum absolute atomic E-state index is 14.1. The van der Waals surface area contributed by atoms with E-state index in [0.29, 0.717) is 6.42 Å². The molecule has 6 N–H and O–H groups in total. The third-order valence-electron chi connectivity index (χ3n) is 11.9. The van der Waals surface area contributed by atoms with Gasteiger partial charge in [0, 0.05) is 37.1 Å². The van der Waals surface area contributed by atoms with Crippen LogP contribution in [-0.2, 0) is 33.2 Å². The van der Waals surface area contributed by atoms with Crippen molar-refractivity contribution in [1.29, 1.82) is 5.41 Å². The third-order valence-corrected chi connectivity index (χ3v) is 11.9. The van der Waals surface area contributed by atoms with Gasteiger partial charge in [0.05, 0.1) is 47.6 Å². The Hall–Kier alpha value is -1.30. The number of cyclic esters (lactones) is 1. The molecule has 18 atom stereocenters. The molecule has 0 bridgehead atoms. The van der Waals surface area contributed by atoms with E-state index in [2.05, 4.69) is 0 Å². The van der Waals surface area contributed by atoms with Crippen molar-refractivity contribution in [1.82, 2.24) is 4.90 Å². The van der Waals surface area contributed by atoms with Crippen LogP contribution in [0, 0.1) is 29.1 Å². The highest BCUT2D eigenvalue weighted by Crippen LogP contribution is 2.40. The van der Waals surface area contributed by atoms with Gasteiger partial charge >= 0.3 is 5.97 Å². The van der Waals surface area contributed by atoms with Crippen molar-refractivity contribution >= 4 is 11.7 Å². The zero-order valence-corrected chi connectivity index (χ0v) is 33.0. The molecule has 14 heteroatoms. The number of aliphatic hydroxyl groups excluding tert-OH is 3. The Morgan fingerprint density at radius 2 is 1.53 bits per heavy atom. The minimum absolute atomic E-state index is 0.0107. The maximum atomic E-state index is 14.1. The second kappa shape index (κ2) is 17.0. The van der Waals surface area contributed by atoms with Gasteiger partial charge in [-0.1, -0.05) is 27.7 Å². The molecular weight excluding hydrogens is 664 g/mol. The normalized spacial score (nSPS) is 49.7. The first kappa shape index (κ1) is 44.1. The highest BCUT2D eigenvalue weighted by molar-refractivity contribution is 5.86. The molecular formula is C37H68N2O12. The Labute approximate surface area is 304 Å². The van der Waals surface area contributed by atoms with E-state index < -0.39 is 102 Å². The van der Waals surface area contributed by atoms with Crippen LogP contribution in [0.4, 0.5) is 0 Å². The Balaban J connectivity index is 2.18. The SMILES string of the molecule is CCC1OC(=O)[C@H](C)[C@H](OC2CC(C)(OC)C(O)C(C)O2)C(C)[C@H](OC2OC(C)CC(N(C)C)C2O)[C@@](C)(O)C[C@H](C)C(=N)C(C)[C@H](O)[C@@]1(C)O. The number of nitrogens with zero attached hydrogens (tertiary/aromatic N) is 1. The summed E-state index contributed by atoms with van der Waals surface area (Å²) in [4.78, 5) is 16.0. The van der Waals surface area contributed by atoms with E-state index in [1.54, 1.807) is 55.4 Å². The first-order valence-electron chi connectivity index (χ1n) is 18.5. The summed E-state index contributed by atoms with van der Waals surface area (Å²) in [5.41, 5.74) is -4.58. The van der Waals surface area contributed by atoms with Gasteiger partial charge in [-0.3, -0.25) is 4.79 Å². The summed E-state index contributed by atoms with van der Waals surface area (Å²) in [6.07, 6.45) is -9.12. The van der Waals surface area contributed by atoms with Crippen molar-refractivity contribution in [2.24, 2.45) is 23.7 Å². The summed E-state index contributed by atoms with van der Waals surface area (Å²) in [6.45, 7) is 16.8. The van der Waals surface area contributed by atoms with Gasteiger partial charge < -0.3 is 64.3 Å². The van der Waals surface area contributed by atoms with Gasteiger partial charge in [-0.2, -0.15) is 0 Å². The number of carbonyl (C=O) groups excluding carboxylic acids is 1. The van der Waals surface area contributed by atoms with E-state index in [1.165, 1.54) is 14.0 Å². The van der Waals surface area contributed by atoms with Gasteiger partial charge in [-0.05, 0) is 80.8 Å². The molecule has 0 aromatic carbocycles. The smallest absolute Gasteiger partial charge is 0.311 e. The van der Waals surface area contributed by atoms with E-state index in [0.717, 1.165) is 0 Å². The van der Waals surface area contributed by atoms with Gasteiger partial charge in [0.2, 0.25) is 0 Å². The molecule has 3 saturated heterocycles. The third kappa shape index (κ3) is 9.51. The van der Waals surface area contributed by atoms with Crippen LogP contribution in [0.25, 0.3) is 0 Å². The number of nitrogens with one attached hydrogen (secondary N) is 1. The minimum Gasteiger partial charge on any atom is -0.459 e. The summed E-state index contributed by atoms with van der Waals surface area (Å²) >= 11 is 0. The molecule has 51 heavy (non-hydrogen) atoms. The molecule has 11 unspecified atom stereocenters. The molecule has 0 amide bonds. The first-order chi connectivity index (χ1) is 23.4. The number of ether oxygens (including phenoxy) is 6. The molecule has 14 nitrogen and oxygen atoms in total. The van der Waals surface area contributed by atoms with E-state index >= 15 is 0 Å². The van der Waals surface area contributed by atoms with Crippen LogP contribution in [0.3, 0.4) is 0 Å². The van der Waals surface area contributed by atoms with Crippen molar-refractivity contribution in [3.05, 3.63) is 0 Å². The van der Waals surface area contributed by atoms with Crippen LogP contribution in [0.15, 0.2) is 0 Å². The molecule has 3 aliphatic heterocycles. The standard InChI is InChI=1S/C37H68N2O12/c1-14-25-37(10,45)30(41)20(4)27(38)18(2)16-35(8,44)32(51-34-28(40)24(39(11)12)15-19(3)47-34)21(5)29(22(6)33(43)49-25)50-26-17-36(9,46-13)31(42)23(7)48-26/h18-26,28-32,34,38,40-42,44-45H,14-17H2,1-13H3/t18-,19?,20?,21?,22+,23?,24?,25?,26?,28?,29+,30-,31?,32-,34?,35-,36?,37-/m0/s1. The number of likely N-dealkylation sites (N-methyl/N-ethyl adjacent to an activating group) is 1. The van der Waals surface area contributed by atoms with E-state index in [1.807, 2.05) is 25.9 Å². The second-order valence-electron chi connectivity index (χ2n) is 16.5. The molecule has 3 aliphatic rings. The quantitative estimate of drug-likeness (QED) is 0.209. The molecule has 0 saturated carbocycles. The number of aliphatic hydroxyl groups is 5. The summed E-state index contributed by atoms with van der Waals surface area (Å²) in [7, 11) is 5.21. The zero-order chi connectivity index (χ0) is 39.0. The molecule has 0 aromatic heterocycles. The fraction of sp³-hybridized carbons (Fsp3) is 0.946. The number of esters is 1. The summed E-state index contributed by atoms with van der Waals surface area (Å²) in [5.74, 6) is -4.02. The maximum Gasteiger partial charge on any atom is 0.311 e. The highest BCUT2D eigenvalue weighted by atomic mass is 16.7. The Morgan fingerprint density at radius 1 is 0.922 bits per heavy atom. The summed E-state index contributed by atoms with van der Waals surface area (Å²) in [5, 5.41) is 66.9. The van der Waals surface area contributed by atoms with Gasteiger partial charge in [0.1, 0.15) is 23.9 Å². The number of methoxy groups -OCH3 is 1. The van der Waals surface area contributed by atoms with Crippen molar-refractivity contribution in [2.45, 2.75) is 179 Å². The van der Waals surface area contributed by atoms with Crippen LogP contribution in [-0.4, -0.2) is 148 Å².